The van der Waals surface area contributed by atoms with E-state index in [-0.39, 0.29) is 5.97 Å². The molecule has 0 atom stereocenters. The van der Waals surface area contributed by atoms with Gasteiger partial charge in [0.15, 0.2) is 0 Å². The molecule has 6 heteroatoms. The average molecular weight is 288 g/mol. The molecule has 1 aromatic rings. The van der Waals surface area contributed by atoms with Gasteiger partial charge in [0.25, 0.3) is 0 Å². The summed E-state index contributed by atoms with van der Waals surface area (Å²) >= 11 is 0. The number of hydrogen-bond acceptors (Lipinski definition) is 5. The summed E-state index contributed by atoms with van der Waals surface area (Å²) in [6, 6.07) is 8.89. The van der Waals surface area contributed by atoms with Gasteiger partial charge in [0, 0.05) is 5.75 Å². The Morgan fingerprint density at radius 2 is 1.63 bits per heavy atom. The summed E-state index contributed by atoms with van der Waals surface area (Å²) in [7, 11) is 2.66. The first kappa shape index (κ1) is 16.0. The van der Waals surface area contributed by atoms with Gasteiger partial charge in [0.05, 0.1) is 44.4 Å². The van der Waals surface area contributed by atoms with Crippen LogP contribution in [0, 0.1) is 0 Å². The minimum atomic E-state index is -1.96. The normalized spacial score (nSPS) is 12.2. The first-order valence-corrected chi connectivity index (χ1v) is 7.45. The Bertz CT molecular complexity index is 370. The van der Waals surface area contributed by atoms with E-state index in [4.69, 9.17) is 17.3 Å². The van der Waals surface area contributed by atoms with Crippen LogP contribution in [0.15, 0.2) is 30.3 Å². The van der Waals surface area contributed by atoms with Crippen LogP contribution in [-0.4, -0.2) is 39.7 Å². The molecule has 19 heavy (non-hydrogen) atoms. The van der Waals surface area contributed by atoms with E-state index in [9.17, 15) is 4.79 Å². The summed E-state index contributed by atoms with van der Waals surface area (Å²) in [6.45, 7) is 0.304. The van der Waals surface area contributed by atoms with Crippen molar-refractivity contribution in [3.8, 4) is 0 Å². The number of carbonyl (C=O) groups is 1. The van der Waals surface area contributed by atoms with Crippen molar-refractivity contribution in [3.05, 3.63) is 35.9 Å². The number of rotatable bonds is 8. The second-order valence-electron chi connectivity index (χ2n) is 3.62. The third-order valence-electron chi connectivity index (χ3n) is 2.54. The van der Waals surface area contributed by atoms with Crippen LogP contribution in [0.3, 0.4) is 0 Å². The van der Waals surface area contributed by atoms with Crippen LogP contribution in [0.1, 0.15) is 16.8 Å². The second kappa shape index (κ2) is 8.16. The maximum atomic E-state index is 11.7. The Kier molecular flexibility index (Phi) is 6.86. The first-order chi connectivity index (χ1) is 9.17. The number of ether oxygens (including phenoxy) is 1. The van der Waals surface area contributed by atoms with E-state index < -0.39 is 10.9 Å². The molecule has 0 saturated heterocycles. The molecule has 0 heterocycles. The standard InChI is InChI=1S/C13H20O5S/c1-15-19(16-2,17-3)11-7-10-18-13(14)12-8-5-4-6-9-12/h4-6,8-9H,7,10-11H2,1-3H3. The Hall–Kier alpha value is -1.08. The molecule has 0 saturated carbocycles. The molecule has 0 N–H and O–H groups in total. The highest BCUT2D eigenvalue weighted by molar-refractivity contribution is 8.21. The van der Waals surface area contributed by atoms with Gasteiger partial charge in [0.2, 0.25) is 0 Å². The van der Waals surface area contributed by atoms with Crippen molar-refractivity contribution < 1.29 is 22.1 Å². The lowest BCUT2D eigenvalue weighted by Gasteiger charge is -2.33. The van der Waals surface area contributed by atoms with Gasteiger partial charge in [-0.3, -0.25) is 12.5 Å². The summed E-state index contributed by atoms with van der Waals surface area (Å²) in [5.74, 6) is 0.229. The molecule has 1 aromatic carbocycles. The first-order valence-electron chi connectivity index (χ1n) is 5.87. The van der Waals surface area contributed by atoms with Gasteiger partial charge in [-0.25, -0.2) is 4.79 Å². The number of carbonyl (C=O) groups excluding carboxylic acids is 1. The van der Waals surface area contributed by atoms with Crippen LogP contribution in [0.25, 0.3) is 0 Å². The minimum absolute atomic E-state index is 0.304. The highest BCUT2D eigenvalue weighted by Gasteiger charge is 2.22. The topological polar surface area (TPSA) is 54.0 Å². The fourth-order valence-electron chi connectivity index (χ4n) is 1.51. The molecule has 0 spiro atoms. The highest BCUT2D eigenvalue weighted by atomic mass is 32.3. The van der Waals surface area contributed by atoms with Gasteiger partial charge in [-0.2, -0.15) is 0 Å². The predicted octanol–water partition coefficient (Wildman–Crippen LogP) is 2.72. The summed E-state index contributed by atoms with van der Waals surface area (Å²) in [6.07, 6.45) is 0.615. The summed E-state index contributed by atoms with van der Waals surface area (Å²) in [5.41, 5.74) is 0.548. The molecule has 0 unspecified atom stereocenters. The molecule has 0 aliphatic heterocycles. The quantitative estimate of drug-likeness (QED) is 0.544. The van der Waals surface area contributed by atoms with Gasteiger partial charge >= 0.3 is 5.97 Å². The zero-order valence-corrected chi connectivity index (χ0v) is 12.3. The van der Waals surface area contributed by atoms with E-state index in [1.165, 1.54) is 21.3 Å². The summed E-state index contributed by atoms with van der Waals surface area (Å²) in [4.78, 5) is 11.7. The lowest BCUT2D eigenvalue weighted by atomic mass is 10.2. The van der Waals surface area contributed by atoms with Crippen molar-refractivity contribution in [2.45, 2.75) is 6.42 Å². The van der Waals surface area contributed by atoms with Crippen LogP contribution >= 0.6 is 10.9 Å². The van der Waals surface area contributed by atoms with E-state index in [1.54, 1.807) is 24.3 Å². The van der Waals surface area contributed by atoms with Gasteiger partial charge < -0.3 is 4.74 Å². The molecule has 108 valence electrons. The average Bonchev–Trinajstić information content (AvgIpc) is 2.49. The van der Waals surface area contributed by atoms with Gasteiger partial charge in [-0.15, -0.1) is 0 Å². The monoisotopic (exact) mass is 288 g/mol. The van der Waals surface area contributed by atoms with Crippen molar-refractivity contribution in [3.63, 3.8) is 0 Å². The number of benzene rings is 1. The van der Waals surface area contributed by atoms with Gasteiger partial charge in [-0.05, 0) is 18.6 Å². The number of esters is 1. The molecule has 0 fully saturated rings. The zero-order chi connectivity index (χ0) is 14.1. The van der Waals surface area contributed by atoms with E-state index in [0.29, 0.717) is 24.3 Å². The van der Waals surface area contributed by atoms with Crippen molar-refractivity contribution >= 4 is 16.8 Å². The molecular weight excluding hydrogens is 268 g/mol. The minimum Gasteiger partial charge on any atom is -0.462 e. The molecule has 0 amide bonds. The van der Waals surface area contributed by atoms with E-state index in [2.05, 4.69) is 0 Å². The smallest absolute Gasteiger partial charge is 0.338 e. The highest BCUT2D eigenvalue weighted by Crippen LogP contribution is 2.49. The SMILES string of the molecule is COS(CCCOC(=O)c1ccccc1)(OC)OC. The molecule has 0 aromatic heterocycles. The van der Waals surface area contributed by atoms with E-state index >= 15 is 0 Å². The van der Waals surface area contributed by atoms with Crippen molar-refractivity contribution in [2.75, 3.05) is 33.7 Å². The molecular formula is C13H20O5S. The maximum Gasteiger partial charge on any atom is 0.338 e. The van der Waals surface area contributed by atoms with Gasteiger partial charge in [-0.1, -0.05) is 18.2 Å². The van der Waals surface area contributed by atoms with Crippen molar-refractivity contribution in [2.24, 2.45) is 0 Å². The van der Waals surface area contributed by atoms with Crippen molar-refractivity contribution in [1.29, 1.82) is 0 Å². The van der Waals surface area contributed by atoms with E-state index in [1.807, 2.05) is 6.07 Å². The van der Waals surface area contributed by atoms with E-state index in [0.717, 1.165) is 0 Å². The fraction of sp³-hybridized carbons (Fsp3) is 0.462. The molecule has 1 rings (SSSR count). The van der Waals surface area contributed by atoms with Crippen molar-refractivity contribution in [1.82, 2.24) is 0 Å². The Morgan fingerprint density at radius 1 is 1.05 bits per heavy atom. The van der Waals surface area contributed by atoms with Crippen LogP contribution in [-0.2, 0) is 17.3 Å². The fourth-order valence-corrected chi connectivity index (χ4v) is 2.89. The van der Waals surface area contributed by atoms with Crippen LogP contribution in [0.5, 0.6) is 0 Å². The Labute approximate surface area is 115 Å². The zero-order valence-electron chi connectivity index (χ0n) is 11.5. The lowest BCUT2D eigenvalue weighted by Crippen LogP contribution is -2.14. The second-order valence-corrected chi connectivity index (χ2v) is 6.14. The maximum absolute atomic E-state index is 11.7. The molecule has 0 aliphatic rings. The lowest BCUT2D eigenvalue weighted by molar-refractivity contribution is 0.0504. The van der Waals surface area contributed by atoms with Gasteiger partial charge in [0.1, 0.15) is 0 Å². The summed E-state index contributed by atoms with van der Waals surface area (Å²) in [5, 5.41) is 0. The molecule has 0 bridgehead atoms. The van der Waals surface area contributed by atoms with Crippen LogP contribution in [0.4, 0.5) is 0 Å². The Morgan fingerprint density at radius 3 is 2.16 bits per heavy atom. The predicted molar refractivity (Wildman–Crippen MR) is 74.8 cm³/mol. The van der Waals surface area contributed by atoms with Crippen LogP contribution in [0.2, 0.25) is 0 Å². The molecule has 0 radical (unpaired) electrons. The Balaban J connectivity index is 2.33. The third-order valence-corrected chi connectivity index (χ3v) is 4.86. The van der Waals surface area contributed by atoms with Crippen LogP contribution < -0.4 is 0 Å². The summed E-state index contributed by atoms with van der Waals surface area (Å²) < 4.78 is 20.8. The molecule has 5 nitrogen and oxygen atoms in total. The third kappa shape index (κ3) is 4.83. The molecule has 0 aliphatic carbocycles. The number of hydrogen-bond donors (Lipinski definition) is 0. The largest absolute Gasteiger partial charge is 0.462 e.